The van der Waals surface area contributed by atoms with Crippen LogP contribution in [0.3, 0.4) is 0 Å². The molecule has 0 N–H and O–H groups in total. The van der Waals surface area contributed by atoms with Crippen LogP contribution in [-0.4, -0.2) is 20.9 Å². The Balaban J connectivity index is 3.10. The first-order chi connectivity index (χ1) is 4.13. The molecule has 52 valence electrons. The van der Waals surface area contributed by atoms with E-state index < -0.39 is 0 Å². The maximum absolute atomic E-state index is 3.85. The first kappa shape index (κ1) is 9.27. The van der Waals surface area contributed by atoms with Crippen molar-refractivity contribution in [3.05, 3.63) is 24.3 Å². The Morgan fingerprint density at radius 2 is 1.44 bits per heavy atom. The third-order valence-electron chi connectivity index (χ3n) is 0.697. The fourth-order valence-electron chi connectivity index (χ4n) is 0.399. The van der Waals surface area contributed by atoms with Crippen molar-refractivity contribution in [1.82, 2.24) is 0 Å². The molecule has 0 rings (SSSR count). The van der Waals surface area contributed by atoms with Gasteiger partial charge in [0.15, 0.2) is 0 Å². The quantitative estimate of drug-likeness (QED) is 0.521. The van der Waals surface area contributed by atoms with Gasteiger partial charge in [0.25, 0.3) is 0 Å². The van der Waals surface area contributed by atoms with Crippen molar-refractivity contribution in [3.8, 4) is 0 Å². The normalized spacial score (nSPS) is 9.11. The predicted molar refractivity (Wildman–Crippen MR) is 45.0 cm³/mol. The van der Waals surface area contributed by atoms with Crippen molar-refractivity contribution in [1.29, 1.82) is 0 Å². The van der Waals surface area contributed by atoms with E-state index in [1.165, 1.54) is 20.1 Å². The molecule has 0 bridgehead atoms. The van der Waals surface area contributed by atoms with Gasteiger partial charge < -0.3 is 0 Å². The van der Waals surface area contributed by atoms with Gasteiger partial charge in [-0.3, -0.25) is 0 Å². The average molecular weight is 238 g/mol. The molecular weight excluding hydrogens is 224 g/mol. The Morgan fingerprint density at radius 3 is 1.67 bits per heavy atom. The zero-order valence-electron chi connectivity index (χ0n) is 6.24. The summed E-state index contributed by atoms with van der Waals surface area (Å²) in [5.41, 5.74) is 2.66. The van der Waals surface area contributed by atoms with E-state index in [9.17, 15) is 0 Å². The van der Waals surface area contributed by atoms with E-state index in [-0.39, 0.29) is 20.9 Å². The Labute approximate surface area is 68.1 Å². The summed E-state index contributed by atoms with van der Waals surface area (Å²) < 4.78 is 2.55. The molecule has 0 fully saturated rings. The molecule has 0 saturated heterocycles. The van der Waals surface area contributed by atoms with Crippen LogP contribution in [0.4, 0.5) is 0 Å². The Hall–Kier alpha value is 0.270. The minimum atomic E-state index is 0.187. The molecule has 0 aromatic heterocycles. The van der Waals surface area contributed by atoms with Crippen molar-refractivity contribution >= 4 is 20.9 Å². The summed E-state index contributed by atoms with van der Waals surface area (Å²) in [4.78, 5) is 0. The van der Waals surface area contributed by atoms with Crippen LogP contribution in [0.25, 0.3) is 0 Å². The summed E-state index contributed by atoms with van der Waals surface area (Å²) in [5, 5.41) is 0. The van der Waals surface area contributed by atoms with Gasteiger partial charge in [-0.2, -0.15) is 0 Å². The molecule has 0 atom stereocenters. The van der Waals surface area contributed by atoms with Crippen molar-refractivity contribution in [2.45, 2.75) is 22.8 Å². The number of rotatable bonds is 4. The molecule has 0 aromatic carbocycles. The topological polar surface area (TPSA) is 0 Å². The third-order valence-corrected chi connectivity index (χ3v) is 4.68. The molecule has 0 unspecified atom stereocenters. The summed E-state index contributed by atoms with van der Waals surface area (Å²) in [5.74, 6) is 0. The second kappa shape index (κ2) is 5.09. The van der Waals surface area contributed by atoms with Crippen molar-refractivity contribution in [2.24, 2.45) is 0 Å². The summed E-state index contributed by atoms with van der Waals surface area (Å²) in [7, 11) is 0. The molecule has 0 heterocycles. The molecule has 0 radical (unpaired) electrons. The molecular formula is C8H14Te. The molecule has 0 aliphatic heterocycles. The zero-order chi connectivity index (χ0) is 7.28. The SMILES string of the molecule is C=C(C)C[Te]CC(=C)C. The van der Waals surface area contributed by atoms with Crippen LogP contribution in [0.1, 0.15) is 13.8 Å². The maximum atomic E-state index is 3.85. The third kappa shape index (κ3) is 8.27. The van der Waals surface area contributed by atoms with E-state index in [0.29, 0.717) is 0 Å². The van der Waals surface area contributed by atoms with E-state index in [1.807, 2.05) is 0 Å². The molecule has 0 amide bonds. The van der Waals surface area contributed by atoms with Gasteiger partial charge in [0.1, 0.15) is 0 Å². The van der Waals surface area contributed by atoms with Crippen LogP contribution in [0, 0.1) is 0 Å². The van der Waals surface area contributed by atoms with Gasteiger partial charge in [0.05, 0.1) is 0 Å². The van der Waals surface area contributed by atoms with E-state index in [4.69, 9.17) is 0 Å². The van der Waals surface area contributed by atoms with Crippen LogP contribution in [0.15, 0.2) is 24.3 Å². The van der Waals surface area contributed by atoms with Gasteiger partial charge in [0, 0.05) is 0 Å². The van der Waals surface area contributed by atoms with Crippen molar-refractivity contribution in [2.75, 3.05) is 0 Å². The van der Waals surface area contributed by atoms with Crippen LogP contribution >= 0.6 is 0 Å². The monoisotopic (exact) mass is 240 g/mol. The molecule has 0 aliphatic carbocycles. The molecule has 9 heavy (non-hydrogen) atoms. The van der Waals surface area contributed by atoms with E-state index in [0.717, 1.165) is 0 Å². The van der Waals surface area contributed by atoms with Crippen molar-refractivity contribution < 1.29 is 0 Å². The second-order valence-corrected chi connectivity index (χ2v) is 5.22. The summed E-state index contributed by atoms with van der Waals surface area (Å²) >= 11 is 0.187. The van der Waals surface area contributed by atoms with Gasteiger partial charge >= 0.3 is 68.0 Å². The van der Waals surface area contributed by atoms with Gasteiger partial charge in [-0.1, -0.05) is 0 Å². The Kier molecular flexibility index (Phi) is 5.24. The van der Waals surface area contributed by atoms with Crippen LogP contribution in [0.2, 0.25) is 8.94 Å². The van der Waals surface area contributed by atoms with Crippen molar-refractivity contribution in [3.63, 3.8) is 0 Å². The second-order valence-electron chi connectivity index (χ2n) is 2.41. The molecule has 0 aliphatic rings. The fourth-order valence-corrected chi connectivity index (χ4v) is 2.68. The summed E-state index contributed by atoms with van der Waals surface area (Å²) in [6, 6.07) is 0. The van der Waals surface area contributed by atoms with Gasteiger partial charge in [-0.05, 0) is 0 Å². The Bertz CT molecular complexity index is 99.7. The van der Waals surface area contributed by atoms with Gasteiger partial charge in [0.2, 0.25) is 0 Å². The van der Waals surface area contributed by atoms with E-state index in [1.54, 1.807) is 0 Å². The Morgan fingerprint density at radius 1 is 1.11 bits per heavy atom. The average Bonchev–Trinajstić information content (AvgIpc) is 1.63. The standard InChI is InChI=1S/C8H14Te/c1-7(2)5-9-6-8(3)4/h1,3,5-6H2,2,4H3. The van der Waals surface area contributed by atoms with E-state index in [2.05, 4.69) is 27.0 Å². The van der Waals surface area contributed by atoms with Gasteiger partial charge in [-0.25, -0.2) is 0 Å². The van der Waals surface area contributed by atoms with Gasteiger partial charge in [-0.15, -0.1) is 0 Å². The fraction of sp³-hybridized carbons (Fsp3) is 0.500. The van der Waals surface area contributed by atoms with E-state index >= 15 is 0 Å². The molecule has 0 saturated carbocycles. The summed E-state index contributed by atoms with van der Waals surface area (Å²) in [6.45, 7) is 11.9. The first-order valence-electron chi connectivity index (χ1n) is 2.99. The summed E-state index contributed by atoms with van der Waals surface area (Å²) in [6.07, 6.45) is 0. The predicted octanol–water partition coefficient (Wildman–Crippen LogP) is 2.68. The van der Waals surface area contributed by atoms with Crippen LogP contribution < -0.4 is 0 Å². The first-order valence-corrected chi connectivity index (χ1v) is 6.29. The molecule has 1 heteroatoms. The zero-order valence-corrected chi connectivity index (χ0v) is 8.57. The molecule has 0 aromatic rings. The van der Waals surface area contributed by atoms with Crippen LogP contribution in [0.5, 0.6) is 0 Å². The minimum absolute atomic E-state index is 0.187. The number of hydrogen-bond acceptors (Lipinski definition) is 0. The number of hydrogen-bond donors (Lipinski definition) is 0. The molecule has 0 nitrogen and oxygen atoms in total. The van der Waals surface area contributed by atoms with Crippen LogP contribution in [-0.2, 0) is 0 Å². The molecule has 0 spiro atoms. The number of allylic oxidation sites excluding steroid dienone is 2.